The minimum Gasteiger partial charge on any atom is -0.492 e. The Bertz CT molecular complexity index is 996. The number of aromatic nitrogens is 1. The molecule has 1 aliphatic heterocycles. The maximum atomic E-state index is 15.2. The van der Waals surface area contributed by atoms with E-state index in [9.17, 15) is 14.7 Å². The number of carboxylic acid groups (broad SMARTS) is 1. The summed E-state index contributed by atoms with van der Waals surface area (Å²) in [4.78, 5) is 26.3. The van der Waals surface area contributed by atoms with Crippen molar-refractivity contribution in [1.82, 2.24) is 4.57 Å². The summed E-state index contributed by atoms with van der Waals surface area (Å²) in [6.45, 7) is 3.65. The van der Waals surface area contributed by atoms with E-state index < -0.39 is 17.2 Å². The summed E-state index contributed by atoms with van der Waals surface area (Å²) in [5, 5.41) is 9.48. The van der Waals surface area contributed by atoms with Crippen LogP contribution < -0.4 is 15.1 Å². The van der Waals surface area contributed by atoms with Gasteiger partial charge in [0, 0.05) is 25.3 Å². The Morgan fingerprint density at radius 3 is 2.64 bits per heavy atom. The maximum Gasteiger partial charge on any atom is 0.341 e. The van der Waals surface area contributed by atoms with Crippen molar-refractivity contribution in [2.75, 3.05) is 25.1 Å². The van der Waals surface area contributed by atoms with E-state index in [1.54, 1.807) is 4.57 Å². The van der Waals surface area contributed by atoms with E-state index >= 15 is 4.39 Å². The second kappa shape index (κ2) is 7.11. The van der Waals surface area contributed by atoms with Crippen LogP contribution in [0.1, 0.15) is 55.4 Å². The zero-order chi connectivity index (χ0) is 20.0. The molecule has 1 saturated carbocycles. The Morgan fingerprint density at radius 1 is 1.25 bits per heavy atom. The number of methoxy groups -OCH3 is 1. The van der Waals surface area contributed by atoms with Crippen LogP contribution in [0.5, 0.6) is 5.75 Å². The highest BCUT2D eigenvalue weighted by atomic mass is 19.1. The van der Waals surface area contributed by atoms with Gasteiger partial charge in [-0.25, -0.2) is 9.18 Å². The molecule has 2 aromatic rings. The van der Waals surface area contributed by atoms with Gasteiger partial charge in [-0.2, -0.15) is 0 Å². The summed E-state index contributed by atoms with van der Waals surface area (Å²) in [6.07, 6.45) is 6.22. The minimum atomic E-state index is -1.30. The van der Waals surface area contributed by atoms with Crippen LogP contribution >= 0.6 is 0 Å². The van der Waals surface area contributed by atoms with Crippen LogP contribution in [0, 0.1) is 11.7 Å². The molecule has 1 saturated heterocycles. The van der Waals surface area contributed by atoms with Crippen molar-refractivity contribution in [3.05, 3.63) is 33.9 Å². The number of aromatic carboxylic acids is 1. The number of anilines is 1. The number of halogens is 1. The molecule has 1 unspecified atom stereocenters. The standard InChI is InChI=1S/C21H25FN2O4/c1-12-4-3-8-23(9-7-12)18-16(22)10-14-17(20(18)28-2)24(13-5-6-13)11-15(19(14)25)21(26)27/h10-13H,3-9H2,1-2H3,(H,26,27). The van der Waals surface area contributed by atoms with E-state index in [-0.39, 0.29) is 17.0 Å². The van der Waals surface area contributed by atoms with Crippen molar-refractivity contribution in [3.63, 3.8) is 0 Å². The van der Waals surface area contributed by atoms with Crippen molar-refractivity contribution in [2.24, 2.45) is 5.92 Å². The first-order valence-electron chi connectivity index (χ1n) is 9.86. The Labute approximate surface area is 162 Å². The molecule has 4 rings (SSSR count). The monoisotopic (exact) mass is 388 g/mol. The van der Waals surface area contributed by atoms with Gasteiger partial charge in [0.25, 0.3) is 0 Å². The molecule has 2 aliphatic rings. The van der Waals surface area contributed by atoms with Crippen LogP contribution in [0.25, 0.3) is 10.9 Å². The number of hydrogen-bond donors (Lipinski definition) is 1. The van der Waals surface area contributed by atoms with Crippen molar-refractivity contribution in [3.8, 4) is 5.75 Å². The Morgan fingerprint density at radius 2 is 2.00 bits per heavy atom. The highest BCUT2D eigenvalue weighted by Gasteiger charge is 2.31. The molecule has 1 N–H and O–H groups in total. The fourth-order valence-corrected chi connectivity index (χ4v) is 4.21. The molecule has 1 atom stereocenters. The lowest BCUT2D eigenvalue weighted by molar-refractivity contribution is 0.0695. The van der Waals surface area contributed by atoms with Crippen molar-refractivity contribution in [2.45, 2.75) is 45.1 Å². The van der Waals surface area contributed by atoms with Gasteiger partial charge >= 0.3 is 5.97 Å². The van der Waals surface area contributed by atoms with Crippen molar-refractivity contribution >= 4 is 22.6 Å². The molecular formula is C21H25FN2O4. The molecule has 1 aliphatic carbocycles. The maximum absolute atomic E-state index is 15.2. The van der Waals surface area contributed by atoms with Gasteiger partial charge < -0.3 is 19.3 Å². The fraction of sp³-hybridized carbons (Fsp3) is 0.524. The molecule has 1 aromatic carbocycles. The lowest BCUT2D eigenvalue weighted by Crippen LogP contribution is -2.27. The molecule has 28 heavy (non-hydrogen) atoms. The molecule has 0 bridgehead atoms. The van der Waals surface area contributed by atoms with Gasteiger partial charge in [-0.1, -0.05) is 6.92 Å². The molecule has 7 heteroatoms. The van der Waals surface area contributed by atoms with E-state index in [0.29, 0.717) is 22.9 Å². The smallest absolute Gasteiger partial charge is 0.341 e. The third kappa shape index (κ3) is 3.12. The number of pyridine rings is 1. The van der Waals surface area contributed by atoms with Crippen molar-refractivity contribution in [1.29, 1.82) is 0 Å². The average Bonchev–Trinajstić information content (AvgIpc) is 3.50. The van der Waals surface area contributed by atoms with Crippen LogP contribution in [0.4, 0.5) is 10.1 Å². The van der Waals surface area contributed by atoms with Crippen LogP contribution in [0.3, 0.4) is 0 Å². The van der Waals surface area contributed by atoms with Crippen LogP contribution in [0.15, 0.2) is 17.1 Å². The predicted molar refractivity (Wildman–Crippen MR) is 105 cm³/mol. The molecule has 2 fully saturated rings. The van der Waals surface area contributed by atoms with Crippen LogP contribution in [0.2, 0.25) is 0 Å². The molecule has 150 valence electrons. The molecule has 2 heterocycles. The van der Waals surface area contributed by atoms with Gasteiger partial charge in [-0.3, -0.25) is 4.79 Å². The zero-order valence-corrected chi connectivity index (χ0v) is 16.2. The van der Waals surface area contributed by atoms with E-state index in [0.717, 1.165) is 45.2 Å². The molecule has 0 radical (unpaired) electrons. The topological polar surface area (TPSA) is 71.8 Å². The predicted octanol–water partition coefficient (Wildman–Crippen LogP) is 3.81. The second-order valence-corrected chi connectivity index (χ2v) is 7.98. The van der Waals surface area contributed by atoms with E-state index in [1.807, 2.05) is 4.90 Å². The SMILES string of the molecule is COc1c(N2CCCC(C)CC2)c(F)cc2c(=O)c(C(=O)O)cn(C3CC3)c12. The normalized spacial score (nSPS) is 20.2. The average molecular weight is 388 g/mol. The lowest BCUT2D eigenvalue weighted by atomic mass is 10.0. The molecule has 0 amide bonds. The number of hydrogen-bond acceptors (Lipinski definition) is 4. The number of fused-ring (bicyclic) bond motifs is 1. The summed E-state index contributed by atoms with van der Waals surface area (Å²) >= 11 is 0. The number of nitrogens with zero attached hydrogens (tertiary/aromatic N) is 2. The summed E-state index contributed by atoms with van der Waals surface area (Å²) in [7, 11) is 1.48. The molecule has 1 aromatic heterocycles. The fourth-order valence-electron chi connectivity index (χ4n) is 4.21. The highest BCUT2D eigenvalue weighted by molar-refractivity contribution is 5.97. The van der Waals surface area contributed by atoms with Gasteiger partial charge in [0.1, 0.15) is 11.3 Å². The van der Waals surface area contributed by atoms with E-state index in [2.05, 4.69) is 6.92 Å². The minimum absolute atomic E-state index is 0.0630. The largest absolute Gasteiger partial charge is 0.492 e. The van der Waals surface area contributed by atoms with Gasteiger partial charge in [0.05, 0.1) is 18.0 Å². The first-order chi connectivity index (χ1) is 13.4. The first-order valence-corrected chi connectivity index (χ1v) is 9.86. The number of benzene rings is 1. The van der Waals surface area contributed by atoms with Gasteiger partial charge in [-0.05, 0) is 44.1 Å². The number of carbonyl (C=O) groups is 1. The van der Waals surface area contributed by atoms with Gasteiger partial charge in [0.15, 0.2) is 11.6 Å². The zero-order valence-electron chi connectivity index (χ0n) is 16.2. The van der Waals surface area contributed by atoms with Crippen molar-refractivity contribution < 1.29 is 19.0 Å². The number of carboxylic acids is 1. The summed E-state index contributed by atoms with van der Waals surface area (Å²) in [6, 6.07) is 1.30. The van der Waals surface area contributed by atoms with E-state index in [4.69, 9.17) is 4.74 Å². The van der Waals surface area contributed by atoms with E-state index in [1.165, 1.54) is 19.4 Å². The van der Waals surface area contributed by atoms with Gasteiger partial charge in [0.2, 0.25) is 5.43 Å². The molecular weight excluding hydrogens is 363 g/mol. The van der Waals surface area contributed by atoms with Crippen LogP contribution in [-0.4, -0.2) is 35.8 Å². The Kier molecular flexibility index (Phi) is 4.77. The second-order valence-electron chi connectivity index (χ2n) is 7.98. The third-order valence-electron chi connectivity index (χ3n) is 5.91. The third-order valence-corrected chi connectivity index (χ3v) is 5.91. The summed E-state index contributed by atoms with van der Waals surface area (Å²) in [5.74, 6) is -0.931. The molecule has 6 nitrogen and oxygen atoms in total. The van der Waals surface area contributed by atoms with Crippen LogP contribution in [-0.2, 0) is 0 Å². The summed E-state index contributed by atoms with van der Waals surface area (Å²) in [5.41, 5.74) is -0.139. The number of rotatable bonds is 4. The molecule has 0 spiro atoms. The Hall–Kier alpha value is -2.57. The quantitative estimate of drug-likeness (QED) is 0.862. The van der Waals surface area contributed by atoms with Gasteiger partial charge in [-0.15, -0.1) is 0 Å². The summed E-state index contributed by atoms with van der Waals surface area (Å²) < 4.78 is 22.7. The Balaban J connectivity index is 1.99. The lowest BCUT2D eigenvalue weighted by Gasteiger charge is -2.27. The number of ether oxygens (including phenoxy) is 1. The first kappa shape index (κ1) is 18.8. The highest BCUT2D eigenvalue weighted by Crippen LogP contribution is 2.44.